The molecule has 2 aromatic rings. The molecule has 0 amide bonds. The Morgan fingerprint density at radius 2 is 1.83 bits per heavy atom. The molecule has 36 heavy (non-hydrogen) atoms. The monoisotopic (exact) mass is 494 g/mol. The molecule has 9 nitrogen and oxygen atoms in total. The van der Waals surface area contributed by atoms with Crippen LogP contribution in [0.25, 0.3) is 11.3 Å². The molecule has 3 saturated heterocycles. The summed E-state index contributed by atoms with van der Waals surface area (Å²) < 4.78 is 12.8. The third-order valence-corrected chi connectivity index (χ3v) is 8.53. The van der Waals surface area contributed by atoms with Crippen LogP contribution in [0.4, 0.5) is 11.5 Å². The van der Waals surface area contributed by atoms with Crippen LogP contribution in [0.3, 0.4) is 0 Å². The molecule has 4 aliphatic rings. The highest BCUT2D eigenvalue weighted by Crippen LogP contribution is 2.38. The summed E-state index contributed by atoms with van der Waals surface area (Å²) in [5.41, 5.74) is 8.32. The molecule has 0 radical (unpaired) electrons. The molecule has 0 atom stereocenters. The Labute approximate surface area is 213 Å². The topological polar surface area (TPSA) is 109 Å². The highest BCUT2D eigenvalue weighted by Gasteiger charge is 2.44. The van der Waals surface area contributed by atoms with Crippen LogP contribution in [0.5, 0.6) is 5.75 Å². The number of aromatic hydroxyl groups is 1. The summed E-state index contributed by atoms with van der Waals surface area (Å²) in [5, 5.41) is 22.1. The number of para-hydroxylation sites is 1. The lowest BCUT2D eigenvalue weighted by molar-refractivity contribution is -0.157. The Balaban J connectivity index is 1.05. The molecule has 1 aliphatic carbocycles. The van der Waals surface area contributed by atoms with Gasteiger partial charge in [-0.05, 0) is 69.8 Å². The molecule has 1 aromatic heterocycles. The average Bonchev–Trinajstić information content (AvgIpc) is 2.88. The first-order chi connectivity index (χ1) is 17.6. The minimum Gasteiger partial charge on any atom is -0.507 e. The number of ether oxygens (including phenoxy) is 2. The van der Waals surface area contributed by atoms with Crippen molar-refractivity contribution < 1.29 is 14.6 Å². The van der Waals surface area contributed by atoms with Crippen molar-refractivity contribution >= 4 is 11.5 Å². The van der Waals surface area contributed by atoms with E-state index < -0.39 is 0 Å². The fraction of sp³-hybridized carbons (Fsp3) is 0.630. The van der Waals surface area contributed by atoms with Crippen molar-refractivity contribution in [1.82, 2.24) is 20.4 Å². The van der Waals surface area contributed by atoms with Gasteiger partial charge in [-0.25, -0.2) is 0 Å². The minimum atomic E-state index is -0.0918. The highest BCUT2D eigenvalue weighted by molar-refractivity contribution is 5.74. The number of rotatable bonds is 5. The second-order valence-corrected chi connectivity index (χ2v) is 10.8. The number of hydrogen-bond acceptors (Lipinski definition) is 9. The average molecular weight is 495 g/mol. The Hall–Kier alpha value is -2.46. The molecule has 0 bridgehead atoms. The molecule has 4 fully saturated rings. The second kappa shape index (κ2) is 10.1. The van der Waals surface area contributed by atoms with E-state index in [1.54, 1.807) is 12.1 Å². The molecule has 1 saturated carbocycles. The number of piperidine rings is 2. The molecule has 1 aromatic carbocycles. The van der Waals surface area contributed by atoms with Crippen LogP contribution in [0, 0.1) is 0 Å². The summed E-state index contributed by atoms with van der Waals surface area (Å²) >= 11 is 0. The SMILES string of the molecule is Nc1nnc(-c2ccccc2O)cc1N1CCC2(CC1)CN(C1CC(OC3CCNCC3)C1)CCO2. The summed E-state index contributed by atoms with van der Waals surface area (Å²) in [6.45, 7) is 6.70. The van der Waals surface area contributed by atoms with Crippen LogP contribution in [0.2, 0.25) is 0 Å². The largest absolute Gasteiger partial charge is 0.507 e. The first-order valence-corrected chi connectivity index (χ1v) is 13.5. The van der Waals surface area contributed by atoms with Gasteiger partial charge in [0, 0.05) is 37.8 Å². The van der Waals surface area contributed by atoms with Crippen LogP contribution >= 0.6 is 0 Å². The Morgan fingerprint density at radius 3 is 2.61 bits per heavy atom. The maximum atomic E-state index is 10.2. The Morgan fingerprint density at radius 1 is 1.06 bits per heavy atom. The fourth-order valence-corrected chi connectivity index (χ4v) is 6.26. The number of nitrogens with two attached hydrogens (primary N) is 1. The van der Waals surface area contributed by atoms with E-state index in [4.69, 9.17) is 15.2 Å². The lowest BCUT2D eigenvalue weighted by atomic mass is 9.83. The van der Waals surface area contributed by atoms with Crippen LogP contribution in [0.1, 0.15) is 38.5 Å². The molecule has 1 spiro atoms. The number of nitrogens with one attached hydrogen (secondary N) is 1. The van der Waals surface area contributed by atoms with Crippen molar-refractivity contribution in [3.63, 3.8) is 0 Å². The Kier molecular flexibility index (Phi) is 6.73. The number of benzene rings is 1. The molecule has 0 unspecified atom stereocenters. The van der Waals surface area contributed by atoms with Crippen LogP contribution < -0.4 is 16.0 Å². The normalized spacial score (nSPS) is 27.2. The van der Waals surface area contributed by atoms with Gasteiger partial charge >= 0.3 is 0 Å². The standard InChI is InChI=1S/C27H38N6O3/c28-26-24(17-23(30-31-26)22-3-1-2-4-25(22)34)32-11-7-27(8-12-32)18-33(13-14-35-27)19-15-21(16-19)36-20-5-9-29-10-6-20/h1-4,17,19-21,29,34H,5-16,18H2,(H2,28,31). The lowest BCUT2D eigenvalue weighted by Crippen LogP contribution is -2.61. The fourth-order valence-electron chi connectivity index (χ4n) is 6.26. The summed E-state index contributed by atoms with van der Waals surface area (Å²) in [4.78, 5) is 4.94. The van der Waals surface area contributed by atoms with Gasteiger partial charge in [0.15, 0.2) is 5.82 Å². The van der Waals surface area contributed by atoms with E-state index in [-0.39, 0.29) is 11.4 Å². The van der Waals surface area contributed by atoms with E-state index >= 15 is 0 Å². The van der Waals surface area contributed by atoms with Crippen molar-refractivity contribution in [3.8, 4) is 17.0 Å². The van der Waals surface area contributed by atoms with E-state index in [1.807, 2.05) is 18.2 Å². The summed E-state index contributed by atoms with van der Waals surface area (Å²) in [6.07, 6.45) is 7.38. The summed E-state index contributed by atoms with van der Waals surface area (Å²) in [7, 11) is 0. The smallest absolute Gasteiger partial charge is 0.169 e. The molecular formula is C27H38N6O3. The zero-order chi connectivity index (χ0) is 24.5. The van der Waals surface area contributed by atoms with Gasteiger partial charge in [0.1, 0.15) is 5.75 Å². The van der Waals surface area contributed by atoms with Crippen LogP contribution in [-0.2, 0) is 9.47 Å². The van der Waals surface area contributed by atoms with Gasteiger partial charge in [0.2, 0.25) is 0 Å². The first kappa shape index (κ1) is 23.9. The molecule has 194 valence electrons. The maximum absolute atomic E-state index is 10.2. The second-order valence-electron chi connectivity index (χ2n) is 10.8. The first-order valence-electron chi connectivity index (χ1n) is 13.5. The predicted octanol–water partition coefficient (Wildman–Crippen LogP) is 2.40. The maximum Gasteiger partial charge on any atom is 0.169 e. The number of morpholine rings is 1. The number of hydrogen-bond donors (Lipinski definition) is 3. The quantitative estimate of drug-likeness (QED) is 0.577. The Bertz CT molecular complexity index is 1050. The van der Waals surface area contributed by atoms with E-state index in [0.29, 0.717) is 35.3 Å². The predicted molar refractivity (Wildman–Crippen MR) is 139 cm³/mol. The van der Waals surface area contributed by atoms with Crippen LogP contribution in [0.15, 0.2) is 30.3 Å². The van der Waals surface area contributed by atoms with Gasteiger partial charge in [-0.15, -0.1) is 10.2 Å². The zero-order valence-corrected chi connectivity index (χ0v) is 20.9. The van der Waals surface area contributed by atoms with Crippen molar-refractivity contribution in [2.75, 3.05) is 56.5 Å². The van der Waals surface area contributed by atoms with E-state index in [2.05, 4.69) is 25.3 Å². The molecular weight excluding hydrogens is 456 g/mol. The third kappa shape index (κ3) is 4.89. The minimum absolute atomic E-state index is 0.0918. The third-order valence-electron chi connectivity index (χ3n) is 8.53. The van der Waals surface area contributed by atoms with E-state index in [0.717, 1.165) is 90.1 Å². The highest BCUT2D eigenvalue weighted by atomic mass is 16.5. The number of phenols is 1. The van der Waals surface area contributed by atoms with Crippen molar-refractivity contribution in [2.45, 2.75) is 62.4 Å². The van der Waals surface area contributed by atoms with Gasteiger partial charge in [-0.2, -0.15) is 0 Å². The van der Waals surface area contributed by atoms with Gasteiger partial charge in [0.25, 0.3) is 0 Å². The van der Waals surface area contributed by atoms with E-state index in [9.17, 15) is 5.11 Å². The number of nitrogen functional groups attached to an aromatic ring is 1. The summed E-state index contributed by atoms with van der Waals surface area (Å²) in [5.74, 6) is 0.612. The molecule has 4 heterocycles. The van der Waals surface area contributed by atoms with Gasteiger partial charge in [0.05, 0.1) is 35.8 Å². The van der Waals surface area contributed by atoms with Gasteiger partial charge < -0.3 is 30.5 Å². The number of anilines is 2. The van der Waals surface area contributed by atoms with Crippen molar-refractivity contribution in [1.29, 1.82) is 0 Å². The molecule has 6 rings (SSSR count). The van der Waals surface area contributed by atoms with Gasteiger partial charge in [-0.1, -0.05) is 12.1 Å². The zero-order valence-electron chi connectivity index (χ0n) is 20.9. The lowest BCUT2D eigenvalue weighted by Gasteiger charge is -2.52. The summed E-state index contributed by atoms with van der Waals surface area (Å²) in [6, 6.07) is 9.75. The number of aromatic nitrogens is 2. The molecule has 3 aliphatic heterocycles. The molecule has 9 heteroatoms. The number of phenolic OH excluding ortho intramolecular Hbond substituents is 1. The van der Waals surface area contributed by atoms with Crippen molar-refractivity contribution in [3.05, 3.63) is 30.3 Å². The van der Waals surface area contributed by atoms with Crippen molar-refractivity contribution in [2.24, 2.45) is 0 Å². The van der Waals surface area contributed by atoms with E-state index in [1.165, 1.54) is 0 Å². The number of nitrogens with zero attached hydrogens (tertiary/aromatic N) is 4. The van der Waals surface area contributed by atoms with Crippen LogP contribution in [-0.4, -0.2) is 89.9 Å². The van der Waals surface area contributed by atoms with Gasteiger partial charge in [-0.3, -0.25) is 4.90 Å². The molecule has 4 N–H and O–H groups in total.